The van der Waals surface area contributed by atoms with Gasteiger partial charge in [-0.05, 0) is 38.0 Å². The smallest absolute Gasteiger partial charge is 0.377 e. The Balaban J connectivity index is 1.52. The number of rotatable bonds is 4. The second kappa shape index (κ2) is 9.03. The number of carbonyl (C=O) groups is 1. The topological polar surface area (TPSA) is 67.7 Å². The van der Waals surface area contributed by atoms with Gasteiger partial charge in [-0.25, -0.2) is 4.68 Å². The lowest BCUT2D eigenvalue weighted by atomic mass is 10.2. The maximum absolute atomic E-state index is 13.1. The number of amides is 1. The Morgan fingerprint density at radius 1 is 1.19 bits per heavy atom. The number of aryl methyl sites for hydroxylation is 1. The molecule has 7 nitrogen and oxygen atoms in total. The molecule has 1 atom stereocenters. The second-order valence-corrected chi connectivity index (χ2v) is 8.19. The Hall–Kier alpha value is -2.72. The lowest BCUT2D eigenvalue weighted by Crippen LogP contribution is -2.51. The maximum Gasteiger partial charge on any atom is 0.416 e. The molecule has 2 aliphatic heterocycles. The van der Waals surface area contributed by atoms with E-state index >= 15 is 0 Å². The van der Waals surface area contributed by atoms with Crippen LogP contribution < -0.4 is 5.43 Å². The van der Waals surface area contributed by atoms with E-state index in [9.17, 15) is 22.8 Å². The molecule has 0 radical (unpaired) electrons. The summed E-state index contributed by atoms with van der Waals surface area (Å²) < 4.78 is 46.2. The van der Waals surface area contributed by atoms with Gasteiger partial charge < -0.3 is 9.64 Å². The Morgan fingerprint density at radius 3 is 2.59 bits per heavy atom. The summed E-state index contributed by atoms with van der Waals surface area (Å²) in [5, 5.41) is 4.15. The first-order valence-corrected chi connectivity index (χ1v) is 10.6. The summed E-state index contributed by atoms with van der Waals surface area (Å²) >= 11 is 0. The van der Waals surface area contributed by atoms with Crippen LogP contribution in [0.3, 0.4) is 0 Å². The maximum atomic E-state index is 13.1. The van der Waals surface area contributed by atoms with Crippen molar-refractivity contribution >= 4 is 5.91 Å². The van der Waals surface area contributed by atoms with Crippen LogP contribution in [0.2, 0.25) is 0 Å². The van der Waals surface area contributed by atoms with Gasteiger partial charge in [0.25, 0.3) is 5.91 Å². The molecule has 1 amide bonds. The first-order chi connectivity index (χ1) is 15.2. The predicted octanol–water partition coefficient (Wildman–Crippen LogP) is 2.50. The van der Waals surface area contributed by atoms with Gasteiger partial charge in [0.15, 0.2) is 5.69 Å². The first kappa shape index (κ1) is 22.5. The number of ether oxygens (including phenoxy) is 1. The van der Waals surface area contributed by atoms with Gasteiger partial charge in [0.2, 0.25) is 5.43 Å². The number of carbonyl (C=O) groups excluding carboxylic acids is 1. The van der Waals surface area contributed by atoms with E-state index in [0.29, 0.717) is 31.9 Å². The fourth-order valence-electron chi connectivity index (χ4n) is 4.13. The highest BCUT2D eigenvalue weighted by Crippen LogP contribution is 2.30. The largest absolute Gasteiger partial charge is 0.416 e. The molecular weight excluding hydrogens is 425 g/mol. The number of nitrogens with zero attached hydrogens (tertiary/aromatic N) is 4. The summed E-state index contributed by atoms with van der Waals surface area (Å²) in [5.41, 5.74) is -1.19. The normalized spacial score (nSPS) is 20.0. The summed E-state index contributed by atoms with van der Waals surface area (Å²) in [7, 11) is 0. The second-order valence-electron chi connectivity index (χ2n) is 8.19. The molecule has 0 spiro atoms. The van der Waals surface area contributed by atoms with Gasteiger partial charge in [-0.15, -0.1) is 0 Å². The quantitative estimate of drug-likeness (QED) is 0.716. The molecule has 0 saturated carbocycles. The van der Waals surface area contributed by atoms with E-state index in [1.165, 1.54) is 22.9 Å². The molecule has 2 aliphatic rings. The minimum Gasteiger partial charge on any atom is -0.377 e. The number of hydrogen-bond acceptors (Lipinski definition) is 5. The van der Waals surface area contributed by atoms with Gasteiger partial charge in [0.05, 0.1) is 17.4 Å². The van der Waals surface area contributed by atoms with Gasteiger partial charge in [0.1, 0.15) is 0 Å². The molecule has 0 N–H and O–H groups in total. The van der Waals surface area contributed by atoms with E-state index < -0.39 is 23.1 Å². The average molecular weight is 450 g/mol. The molecule has 2 fully saturated rings. The number of piperazine rings is 1. The first-order valence-electron chi connectivity index (χ1n) is 10.6. The summed E-state index contributed by atoms with van der Waals surface area (Å²) in [5.74, 6) is -0.507. The number of benzene rings is 1. The summed E-state index contributed by atoms with van der Waals surface area (Å²) in [6.45, 7) is 5.41. The van der Waals surface area contributed by atoms with Gasteiger partial charge in [-0.3, -0.25) is 14.5 Å². The fraction of sp³-hybridized carbons (Fsp3) is 0.500. The van der Waals surface area contributed by atoms with Crippen molar-refractivity contribution in [2.45, 2.75) is 32.0 Å². The van der Waals surface area contributed by atoms with Crippen LogP contribution in [0.5, 0.6) is 0 Å². The van der Waals surface area contributed by atoms with Gasteiger partial charge in [-0.2, -0.15) is 18.3 Å². The summed E-state index contributed by atoms with van der Waals surface area (Å²) in [6, 6.07) is 5.87. The Kier molecular flexibility index (Phi) is 6.34. The molecule has 0 aliphatic carbocycles. The van der Waals surface area contributed by atoms with Crippen LogP contribution in [0.15, 0.2) is 35.1 Å². The van der Waals surface area contributed by atoms with Crippen molar-refractivity contribution in [1.82, 2.24) is 19.6 Å². The molecular formula is C22H25F3N4O3. The van der Waals surface area contributed by atoms with E-state index in [-0.39, 0.29) is 17.5 Å². The van der Waals surface area contributed by atoms with E-state index in [1.807, 2.05) is 0 Å². The van der Waals surface area contributed by atoms with Crippen LogP contribution in [0, 0.1) is 6.92 Å². The van der Waals surface area contributed by atoms with Crippen LogP contribution in [-0.4, -0.2) is 70.9 Å². The van der Waals surface area contributed by atoms with Crippen LogP contribution in [0.4, 0.5) is 13.2 Å². The average Bonchev–Trinajstić information content (AvgIpc) is 3.26. The van der Waals surface area contributed by atoms with E-state index in [2.05, 4.69) is 10.00 Å². The molecule has 3 heterocycles. The van der Waals surface area contributed by atoms with Gasteiger partial charge in [-0.1, -0.05) is 6.07 Å². The zero-order valence-electron chi connectivity index (χ0n) is 17.8. The molecule has 1 aromatic heterocycles. The van der Waals surface area contributed by atoms with Crippen molar-refractivity contribution in [3.63, 3.8) is 0 Å². The van der Waals surface area contributed by atoms with E-state index in [0.717, 1.165) is 38.1 Å². The Morgan fingerprint density at radius 2 is 1.94 bits per heavy atom. The van der Waals surface area contributed by atoms with E-state index in [4.69, 9.17) is 4.74 Å². The number of alkyl halides is 3. The number of hydrogen-bond donors (Lipinski definition) is 0. The molecule has 32 heavy (non-hydrogen) atoms. The molecule has 10 heteroatoms. The standard InChI is InChI=1S/C22H25F3N4O3/c1-15-12-19(30)20(26-29(15)17-5-2-4-16(13-17)22(23,24)25)21(31)28-9-7-27(8-10-28)14-18-6-3-11-32-18/h2,4-5,12-13,18H,3,6-11,14H2,1H3. The Labute approximate surface area is 183 Å². The zero-order chi connectivity index (χ0) is 22.9. The van der Waals surface area contributed by atoms with Crippen LogP contribution >= 0.6 is 0 Å². The van der Waals surface area contributed by atoms with Crippen molar-refractivity contribution in [3.05, 3.63) is 57.5 Å². The van der Waals surface area contributed by atoms with Crippen molar-refractivity contribution in [1.29, 1.82) is 0 Å². The molecule has 1 unspecified atom stereocenters. The monoisotopic (exact) mass is 450 g/mol. The Bertz CT molecular complexity index is 1040. The highest BCUT2D eigenvalue weighted by atomic mass is 19.4. The molecule has 2 saturated heterocycles. The van der Waals surface area contributed by atoms with E-state index in [1.54, 1.807) is 11.8 Å². The van der Waals surface area contributed by atoms with Crippen LogP contribution in [0.25, 0.3) is 5.69 Å². The van der Waals surface area contributed by atoms with Crippen molar-refractivity contribution in [2.75, 3.05) is 39.3 Å². The van der Waals surface area contributed by atoms with Crippen LogP contribution in [0.1, 0.15) is 34.6 Å². The van der Waals surface area contributed by atoms with Crippen molar-refractivity contribution in [2.24, 2.45) is 0 Å². The highest BCUT2D eigenvalue weighted by Gasteiger charge is 2.31. The van der Waals surface area contributed by atoms with Crippen molar-refractivity contribution in [3.8, 4) is 5.69 Å². The zero-order valence-corrected chi connectivity index (χ0v) is 17.8. The molecule has 0 bridgehead atoms. The van der Waals surface area contributed by atoms with Crippen LogP contribution in [-0.2, 0) is 10.9 Å². The molecule has 172 valence electrons. The lowest BCUT2D eigenvalue weighted by Gasteiger charge is -2.35. The lowest BCUT2D eigenvalue weighted by molar-refractivity contribution is -0.137. The van der Waals surface area contributed by atoms with Crippen molar-refractivity contribution < 1.29 is 22.7 Å². The minimum atomic E-state index is -4.51. The summed E-state index contributed by atoms with van der Waals surface area (Å²) in [4.78, 5) is 29.3. The predicted molar refractivity (Wildman–Crippen MR) is 111 cm³/mol. The SMILES string of the molecule is Cc1cc(=O)c(C(=O)N2CCN(CC3CCCO3)CC2)nn1-c1cccc(C(F)(F)F)c1. The third-order valence-corrected chi connectivity index (χ3v) is 5.87. The highest BCUT2D eigenvalue weighted by molar-refractivity contribution is 5.92. The number of halogens is 3. The minimum absolute atomic E-state index is 0.132. The molecule has 2 aromatic rings. The fourth-order valence-corrected chi connectivity index (χ4v) is 4.13. The van der Waals surface area contributed by atoms with Gasteiger partial charge >= 0.3 is 6.18 Å². The van der Waals surface area contributed by atoms with Gasteiger partial charge in [0, 0.05) is 51.1 Å². The molecule has 1 aromatic carbocycles. The molecule has 4 rings (SSSR count). The third kappa shape index (κ3) is 4.86. The summed E-state index contributed by atoms with van der Waals surface area (Å²) in [6.07, 6.45) is -2.16. The third-order valence-electron chi connectivity index (χ3n) is 5.87. The number of aromatic nitrogens is 2.